The van der Waals surface area contributed by atoms with E-state index in [0.29, 0.717) is 12.0 Å². The van der Waals surface area contributed by atoms with E-state index in [0.717, 1.165) is 56.9 Å². The number of likely N-dealkylation sites (tertiary alicyclic amines) is 1. The molecule has 6 nitrogen and oxygen atoms in total. The van der Waals surface area contributed by atoms with Crippen molar-refractivity contribution in [3.05, 3.63) is 34.9 Å². The van der Waals surface area contributed by atoms with E-state index in [1.165, 1.54) is 18.4 Å². The van der Waals surface area contributed by atoms with Gasteiger partial charge in [-0.15, -0.1) is 24.0 Å². The van der Waals surface area contributed by atoms with E-state index in [2.05, 4.69) is 64.5 Å². The van der Waals surface area contributed by atoms with Crippen molar-refractivity contribution in [3.8, 4) is 0 Å². The molecule has 0 bridgehead atoms. The molecule has 0 spiro atoms. The highest BCUT2D eigenvalue weighted by Crippen LogP contribution is 2.35. The predicted octanol–water partition coefficient (Wildman–Crippen LogP) is 3.62. The quantitative estimate of drug-likeness (QED) is 0.315. The molecule has 8 heteroatoms. The Morgan fingerprint density at radius 2 is 1.97 bits per heavy atom. The van der Waals surface area contributed by atoms with Gasteiger partial charge in [0.2, 0.25) is 0 Å². The van der Waals surface area contributed by atoms with Gasteiger partial charge in [-0.3, -0.25) is 14.8 Å². The van der Waals surface area contributed by atoms with Crippen LogP contribution in [0, 0.1) is 5.92 Å². The van der Waals surface area contributed by atoms with Gasteiger partial charge in [-0.25, -0.2) is 0 Å². The normalized spacial score (nSPS) is 23.8. The molecule has 0 amide bonds. The van der Waals surface area contributed by atoms with Crippen molar-refractivity contribution in [2.24, 2.45) is 10.9 Å². The second-order valence-electron chi connectivity index (χ2n) is 9.10. The van der Waals surface area contributed by atoms with Crippen LogP contribution in [0.3, 0.4) is 0 Å². The lowest BCUT2D eigenvalue weighted by Crippen LogP contribution is -2.56. The van der Waals surface area contributed by atoms with Gasteiger partial charge in [-0.05, 0) is 63.9 Å². The molecule has 0 aromatic heterocycles. The van der Waals surface area contributed by atoms with Gasteiger partial charge in [0, 0.05) is 49.8 Å². The molecule has 2 fully saturated rings. The minimum atomic E-state index is 0. The van der Waals surface area contributed by atoms with E-state index in [1.54, 1.807) is 0 Å². The van der Waals surface area contributed by atoms with E-state index in [4.69, 9.17) is 16.3 Å². The van der Waals surface area contributed by atoms with Crippen LogP contribution in [0.4, 0.5) is 0 Å². The molecule has 3 rings (SSSR count). The molecule has 2 aliphatic rings. The summed E-state index contributed by atoms with van der Waals surface area (Å²) in [4.78, 5) is 9.41. The number of nitrogens with one attached hydrogen (secondary N) is 2. The van der Waals surface area contributed by atoms with Gasteiger partial charge < -0.3 is 15.4 Å². The van der Waals surface area contributed by atoms with Crippen LogP contribution in [0.1, 0.15) is 38.3 Å². The molecule has 2 aliphatic heterocycles. The first kappa shape index (κ1) is 26.6. The molecule has 2 N–H and O–H groups in total. The monoisotopic (exact) mass is 563 g/mol. The number of nitrogens with zero attached hydrogens (tertiary/aromatic N) is 3. The maximum atomic E-state index is 6.28. The van der Waals surface area contributed by atoms with Gasteiger partial charge in [-0.2, -0.15) is 0 Å². The Balaban J connectivity index is 0.00000341. The van der Waals surface area contributed by atoms with E-state index >= 15 is 0 Å². The van der Waals surface area contributed by atoms with Crippen molar-refractivity contribution in [2.45, 2.75) is 38.3 Å². The topological polar surface area (TPSA) is 52.1 Å². The molecule has 2 unspecified atom stereocenters. The number of benzene rings is 1. The second kappa shape index (κ2) is 12.6. The van der Waals surface area contributed by atoms with Crippen LogP contribution in [-0.4, -0.2) is 81.3 Å². The van der Waals surface area contributed by atoms with Crippen LogP contribution in [0.25, 0.3) is 0 Å². The molecule has 1 aromatic carbocycles. The van der Waals surface area contributed by atoms with Gasteiger partial charge in [-0.1, -0.05) is 23.7 Å². The summed E-state index contributed by atoms with van der Waals surface area (Å²) in [6, 6.07) is 8.68. The first-order valence-electron chi connectivity index (χ1n) is 11.1. The fourth-order valence-corrected chi connectivity index (χ4v) is 4.92. The third-order valence-electron chi connectivity index (χ3n) is 6.51. The number of piperidine rings is 1. The van der Waals surface area contributed by atoms with Gasteiger partial charge >= 0.3 is 0 Å². The number of rotatable bonds is 6. The molecule has 176 valence electrons. The van der Waals surface area contributed by atoms with Gasteiger partial charge in [0.1, 0.15) is 0 Å². The Hall–Kier alpha value is -0.610. The van der Waals surface area contributed by atoms with Crippen molar-refractivity contribution in [2.75, 3.05) is 60.0 Å². The van der Waals surface area contributed by atoms with E-state index < -0.39 is 0 Å². The second-order valence-corrected chi connectivity index (χ2v) is 9.54. The number of ether oxygens (including phenoxy) is 1. The summed E-state index contributed by atoms with van der Waals surface area (Å²) < 4.78 is 5.50. The number of hydrogen-bond donors (Lipinski definition) is 2. The smallest absolute Gasteiger partial charge is 0.191 e. The SMILES string of the molecule is CN=C(NCC1CCCN(C)C1c1cccc(Cl)c1)NCC(C)(C)N1CCOCC1.I. The molecular weight excluding hydrogens is 525 g/mol. The number of morpholine rings is 1. The Kier molecular flexibility index (Phi) is 10.8. The summed E-state index contributed by atoms with van der Waals surface area (Å²) in [7, 11) is 4.06. The average Bonchev–Trinajstić information content (AvgIpc) is 2.74. The third kappa shape index (κ3) is 7.45. The first-order chi connectivity index (χ1) is 14.4. The van der Waals surface area contributed by atoms with Crippen molar-refractivity contribution < 1.29 is 4.74 Å². The maximum absolute atomic E-state index is 6.28. The van der Waals surface area contributed by atoms with Crippen LogP contribution in [-0.2, 0) is 4.74 Å². The van der Waals surface area contributed by atoms with E-state index in [9.17, 15) is 0 Å². The van der Waals surface area contributed by atoms with Crippen LogP contribution in [0.5, 0.6) is 0 Å². The Morgan fingerprint density at radius 3 is 2.65 bits per heavy atom. The summed E-state index contributed by atoms with van der Waals surface area (Å²) in [6.07, 6.45) is 2.42. The van der Waals surface area contributed by atoms with Crippen molar-refractivity contribution in [1.29, 1.82) is 0 Å². The molecular formula is C23H39ClIN5O. The lowest BCUT2D eigenvalue weighted by molar-refractivity contribution is -0.00835. The molecule has 2 heterocycles. The standard InChI is InChI=1S/C23H38ClN5O.HI/c1-23(2,29-11-13-30-14-12-29)17-27-22(25-3)26-16-19-8-6-10-28(4)21(19)18-7-5-9-20(24)15-18;/h5,7,9,15,19,21H,6,8,10-14,16-17H2,1-4H3,(H2,25,26,27);1H. The fraction of sp³-hybridized carbons (Fsp3) is 0.696. The molecule has 2 atom stereocenters. The number of hydrogen-bond acceptors (Lipinski definition) is 4. The summed E-state index contributed by atoms with van der Waals surface area (Å²) in [5, 5.41) is 7.94. The Morgan fingerprint density at radius 1 is 1.23 bits per heavy atom. The molecule has 2 saturated heterocycles. The zero-order chi connectivity index (χ0) is 21.6. The maximum Gasteiger partial charge on any atom is 0.191 e. The van der Waals surface area contributed by atoms with Gasteiger partial charge in [0.05, 0.1) is 13.2 Å². The number of guanidine groups is 1. The summed E-state index contributed by atoms with van der Waals surface area (Å²) in [5.41, 5.74) is 1.35. The van der Waals surface area contributed by atoms with Crippen molar-refractivity contribution in [3.63, 3.8) is 0 Å². The van der Waals surface area contributed by atoms with Gasteiger partial charge in [0.25, 0.3) is 0 Å². The summed E-state index contributed by atoms with van der Waals surface area (Å²) in [5.74, 6) is 1.38. The predicted molar refractivity (Wildman–Crippen MR) is 141 cm³/mol. The number of halogens is 2. The van der Waals surface area contributed by atoms with Crippen LogP contribution in [0.15, 0.2) is 29.3 Å². The summed E-state index contributed by atoms with van der Waals surface area (Å²) in [6.45, 7) is 11.0. The van der Waals surface area contributed by atoms with E-state index in [1.807, 2.05) is 13.1 Å². The molecule has 0 radical (unpaired) electrons. The van der Waals surface area contributed by atoms with Crippen LogP contribution < -0.4 is 10.6 Å². The minimum Gasteiger partial charge on any atom is -0.379 e. The fourth-order valence-electron chi connectivity index (χ4n) is 4.72. The lowest BCUT2D eigenvalue weighted by atomic mass is 9.85. The highest BCUT2D eigenvalue weighted by atomic mass is 127. The zero-order valence-corrected chi connectivity index (χ0v) is 22.5. The lowest BCUT2D eigenvalue weighted by Gasteiger charge is -2.41. The minimum absolute atomic E-state index is 0. The van der Waals surface area contributed by atoms with Crippen LogP contribution in [0.2, 0.25) is 5.02 Å². The average molecular weight is 564 g/mol. The molecule has 0 aliphatic carbocycles. The summed E-state index contributed by atoms with van der Waals surface area (Å²) >= 11 is 6.28. The molecule has 0 saturated carbocycles. The molecule has 31 heavy (non-hydrogen) atoms. The molecule has 1 aromatic rings. The first-order valence-corrected chi connectivity index (χ1v) is 11.5. The van der Waals surface area contributed by atoms with Crippen molar-refractivity contribution >= 4 is 41.5 Å². The number of aliphatic imine (C=N–C) groups is 1. The Labute approximate surface area is 210 Å². The zero-order valence-electron chi connectivity index (χ0n) is 19.4. The van der Waals surface area contributed by atoms with Crippen LogP contribution >= 0.6 is 35.6 Å². The largest absolute Gasteiger partial charge is 0.379 e. The third-order valence-corrected chi connectivity index (χ3v) is 6.74. The highest BCUT2D eigenvalue weighted by molar-refractivity contribution is 14.0. The van der Waals surface area contributed by atoms with E-state index in [-0.39, 0.29) is 29.5 Å². The Bertz CT molecular complexity index is 711. The van der Waals surface area contributed by atoms with Crippen molar-refractivity contribution in [1.82, 2.24) is 20.4 Å². The highest BCUT2D eigenvalue weighted by Gasteiger charge is 2.31. The van der Waals surface area contributed by atoms with Gasteiger partial charge in [0.15, 0.2) is 5.96 Å².